The van der Waals surface area contributed by atoms with Crippen LogP contribution < -0.4 is 0 Å². The van der Waals surface area contributed by atoms with Gasteiger partial charge in [0.25, 0.3) is 0 Å². The van der Waals surface area contributed by atoms with E-state index in [9.17, 15) is 21.6 Å². The lowest BCUT2D eigenvalue weighted by atomic mass is 10.4. The van der Waals surface area contributed by atoms with Crippen molar-refractivity contribution in [2.45, 2.75) is 22.9 Å². The number of sulfone groups is 1. The molecule has 1 rings (SSSR count). The van der Waals surface area contributed by atoms with Gasteiger partial charge in [0.15, 0.2) is 14.9 Å². The maximum atomic E-state index is 12.1. The summed E-state index contributed by atoms with van der Waals surface area (Å²) in [5, 5.41) is 8.55. The molecule has 0 aliphatic rings. The summed E-state index contributed by atoms with van der Waals surface area (Å²) in [6, 6.07) is 0.875. The van der Waals surface area contributed by atoms with E-state index < -0.39 is 31.9 Å². The average molecular weight is 322 g/mol. The van der Waals surface area contributed by atoms with Crippen LogP contribution in [-0.4, -0.2) is 56.5 Å². The lowest BCUT2D eigenvalue weighted by Crippen LogP contribution is -2.40. The Morgan fingerprint density at radius 2 is 1.85 bits per heavy atom. The zero-order valence-corrected chi connectivity index (χ0v) is 12.6. The lowest BCUT2D eigenvalue weighted by molar-refractivity contribution is -0.140. The van der Waals surface area contributed by atoms with E-state index in [0.29, 0.717) is 4.31 Å². The number of hydrogen-bond donors (Lipinski definition) is 1. The Morgan fingerprint density at radius 1 is 1.30 bits per heavy atom. The lowest BCUT2D eigenvalue weighted by Gasteiger charge is -2.20. The highest BCUT2D eigenvalue weighted by atomic mass is 32.2. The van der Waals surface area contributed by atoms with E-state index >= 15 is 0 Å². The van der Waals surface area contributed by atoms with Gasteiger partial charge in [-0.05, 0) is 19.1 Å². The van der Waals surface area contributed by atoms with Crippen molar-refractivity contribution in [1.82, 2.24) is 9.29 Å². The molecule has 0 saturated heterocycles. The first-order chi connectivity index (χ1) is 8.98. The third-order valence-electron chi connectivity index (χ3n) is 2.67. The number of carboxylic acids is 1. The first-order valence-corrected chi connectivity index (χ1v) is 8.68. The molecular formula is C10H14N2O6S2. The van der Waals surface area contributed by atoms with Crippen LogP contribution in [0.4, 0.5) is 0 Å². The summed E-state index contributed by atoms with van der Waals surface area (Å²) in [4.78, 5) is 14.1. The number of likely N-dealkylation sites (N-methyl/N-ethyl adjacent to an activating group) is 1. The Labute approximate surface area is 117 Å². The summed E-state index contributed by atoms with van der Waals surface area (Å²) < 4.78 is 47.3. The maximum absolute atomic E-state index is 12.1. The van der Waals surface area contributed by atoms with Crippen molar-refractivity contribution in [3.05, 3.63) is 18.3 Å². The standard InChI is InChI=1S/C10H14N2O6S2/c1-7(10(13)14)12(2)20(17,18)8-4-5-9(11-6-8)19(3,15)16/h4-7H,1-3H3,(H,13,14). The molecule has 0 aliphatic carbocycles. The molecule has 0 fully saturated rings. The molecule has 112 valence electrons. The van der Waals surface area contributed by atoms with Gasteiger partial charge >= 0.3 is 5.97 Å². The van der Waals surface area contributed by atoms with Crippen molar-refractivity contribution in [3.8, 4) is 0 Å². The molecule has 1 atom stereocenters. The van der Waals surface area contributed by atoms with E-state index in [1.54, 1.807) is 0 Å². The van der Waals surface area contributed by atoms with Crippen LogP contribution in [0.5, 0.6) is 0 Å². The van der Waals surface area contributed by atoms with E-state index in [1.165, 1.54) is 6.92 Å². The molecule has 0 saturated carbocycles. The second kappa shape index (κ2) is 5.46. The van der Waals surface area contributed by atoms with Crippen molar-refractivity contribution >= 4 is 25.8 Å². The van der Waals surface area contributed by atoms with Gasteiger partial charge in [0.2, 0.25) is 10.0 Å². The predicted octanol–water partition coefficient (Wildman–Crippen LogP) is -0.421. The van der Waals surface area contributed by atoms with Gasteiger partial charge in [-0.1, -0.05) is 0 Å². The second-order valence-corrected chi connectivity index (χ2v) is 8.10. The molecule has 1 unspecified atom stereocenters. The van der Waals surface area contributed by atoms with Crippen molar-refractivity contribution in [1.29, 1.82) is 0 Å². The number of pyridine rings is 1. The Bertz CT molecular complexity index is 709. The smallest absolute Gasteiger partial charge is 0.321 e. The third-order valence-corrected chi connectivity index (χ3v) is 5.58. The van der Waals surface area contributed by atoms with E-state index in [2.05, 4.69) is 4.98 Å². The van der Waals surface area contributed by atoms with Gasteiger partial charge in [-0.3, -0.25) is 4.79 Å². The fourth-order valence-electron chi connectivity index (χ4n) is 1.27. The van der Waals surface area contributed by atoms with Crippen LogP contribution in [0.1, 0.15) is 6.92 Å². The van der Waals surface area contributed by atoms with Gasteiger partial charge in [0.1, 0.15) is 10.9 Å². The Morgan fingerprint density at radius 3 is 2.20 bits per heavy atom. The number of hydrogen-bond acceptors (Lipinski definition) is 6. The normalized spacial score (nSPS) is 14.2. The Kier molecular flexibility index (Phi) is 4.52. The highest BCUT2D eigenvalue weighted by molar-refractivity contribution is 7.90. The van der Waals surface area contributed by atoms with Crippen molar-refractivity contribution in [3.63, 3.8) is 0 Å². The first-order valence-electron chi connectivity index (χ1n) is 5.35. The van der Waals surface area contributed by atoms with E-state index in [1.807, 2.05) is 0 Å². The number of carboxylic acid groups (broad SMARTS) is 1. The first kappa shape index (κ1) is 16.5. The summed E-state index contributed by atoms with van der Waals surface area (Å²) >= 11 is 0. The predicted molar refractivity (Wildman–Crippen MR) is 69.4 cm³/mol. The molecule has 0 bridgehead atoms. The number of aliphatic carboxylic acids is 1. The van der Waals surface area contributed by atoms with Gasteiger partial charge in [0.05, 0.1) is 0 Å². The summed E-state index contributed by atoms with van der Waals surface area (Å²) in [5.74, 6) is -1.29. The molecular weight excluding hydrogens is 308 g/mol. The summed E-state index contributed by atoms with van der Waals surface area (Å²) in [7, 11) is -6.46. The highest BCUT2D eigenvalue weighted by Gasteiger charge is 2.29. The van der Waals surface area contributed by atoms with E-state index in [0.717, 1.165) is 31.6 Å². The number of nitrogens with zero attached hydrogens (tertiary/aromatic N) is 2. The van der Waals surface area contributed by atoms with Crippen LogP contribution in [0, 0.1) is 0 Å². The Balaban J connectivity index is 3.21. The van der Waals surface area contributed by atoms with Crippen LogP contribution in [0.25, 0.3) is 0 Å². The van der Waals surface area contributed by atoms with Crippen LogP contribution in [0.2, 0.25) is 0 Å². The van der Waals surface area contributed by atoms with Crippen molar-refractivity contribution < 1.29 is 26.7 Å². The van der Waals surface area contributed by atoms with E-state index in [4.69, 9.17) is 5.11 Å². The molecule has 0 amide bonds. The fourth-order valence-corrected chi connectivity index (χ4v) is 3.09. The van der Waals surface area contributed by atoms with Gasteiger partial charge in [-0.25, -0.2) is 21.8 Å². The highest BCUT2D eigenvalue weighted by Crippen LogP contribution is 2.17. The van der Waals surface area contributed by atoms with Crippen molar-refractivity contribution in [2.24, 2.45) is 0 Å². The largest absolute Gasteiger partial charge is 0.480 e. The topological polar surface area (TPSA) is 122 Å². The number of aromatic nitrogens is 1. The summed E-state index contributed by atoms with van der Waals surface area (Å²) in [6.07, 6.45) is 1.83. The molecule has 0 radical (unpaired) electrons. The van der Waals surface area contributed by atoms with Crippen molar-refractivity contribution in [2.75, 3.05) is 13.3 Å². The SMILES string of the molecule is CC(C(=O)O)N(C)S(=O)(=O)c1ccc(S(C)(=O)=O)nc1. The number of rotatable bonds is 5. The minimum atomic E-state index is -4.05. The second-order valence-electron chi connectivity index (χ2n) is 4.14. The molecule has 1 aromatic rings. The molecule has 0 aromatic carbocycles. The average Bonchev–Trinajstić information content (AvgIpc) is 2.35. The number of sulfonamides is 1. The number of carbonyl (C=O) groups is 1. The summed E-state index contributed by atoms with van der Waals surface area (Å²) in [6.45, 7) is 1.22. The zero-order chi connectivity index (χ0) is 15.7. The quantitative estimate of drug-likeness (QED) is 0.781. The van der Waals surface area contributed by atoms with Gasteiger partial charge in [-0.2, -0.15) is 4.31 Å². The minimum absolute atomic E-state index is 0.259. The van der Waals surface area contributed by atoms with Crippen LogP contribution in [0.3, 0.4) is 0 Å². The molecule has 10 heteroatoms. The van der Waals surface area contributed by atoms with Crippen LogP contribution in [-0.2, 0) is 24.7 Å². The molecule has 20 heavy (non-hydrogen) atoms. The molecule has 1 heterocycles. The molecule has 1 aromatic heterocycles. The molecule has 0 aliphatic heterocycles. The Hall–Kier alpha value is -1.52. The molecule has 1 N–H and O–H groups in total. The van der Waals surface area contributed by atoms with Gasteiger partial charge in [0, 0.05) is 19.5 Å². The maximum Gasteiger partial charge on any atom is 0.321 e. The minimum Gasteiger partial charge on any atom is -0.480 e. The van der Waals surface area contributed by atoms with Gasteiger partial charge in [-0.15, -0.1) is 0 Å². The third kappa shape index (κ3) is 3.32. The van der Waals surface area contributed by atoms with E-state index in [-0.39, 0.29) is 9.92 Å². The zero-order valence-electron chi connectivity index (χ0n) is 11.0. The fraction of sp³-hybridized carbons (Fsp3) is 0.400. The summed E-state index contributed by atoms with van der Waals surface area (Å²) in [5.41, 5.74) is 0. The molecule has 0 spiro atoms. The monoisotopic (exact) mass is 322 g/mol. The molecule has 8 nitrogen and oxygen atoms in total. The van der Waals surface area contributed by atoms with Gasteiger partial charge < -0.3 is 5.11 Å². The van der Waals surface area contributed by atoms with Crippen LogP contribution >= 0.6 is 0 Å². The van der Waals surface area contributed by atoms with Crippen LogP contribution in [0.15, 0.2) is 28.3 Å².